The van der Waals surface area contributed by atoms with Crippen molar-refractivity contribution < 1.29 is 31.8 Å². The van der Waals surface area contributed by atoms with Crippen molar-refractivity contribution in [3.8, 4) is 5.75 Å². The molecule has 0 atom stereocenters. The molecule has 0 spiro atoms. The minimum absolute atomic E-state index is 0.0363. The van der Waals surface area contributed by atoms with Crippen LogP contribution in [-0.2, 0) is 4.74 Å². The molecule has 9 heteroatoms. The fraction of sp³-hybridized carbons (Fsp3) is 0.300. The Morgan fingerprint density at radius 3 is 2.53 bits per heavy atom. The molecule has 1 aromatic carbocycles. The third-order valence-corrected chi connectivity index (χ3v) is 2.67. The molecule has 19 heavy (non-hydrogen) atoms. The van der Waals surface area contributed by atoms with E-state index in [0.717, 1.165) is 0 Å². The van der Waals surface area contributed by atoms with Crippen LogP contribution in [-0.4, -0.2) is 18.9 Å². The van der Waals surface area contributed by atoms with Crippen LogP contribution in [0.4, 0.5) is 23.2 Å². The molecule has 0 unspecified atom stereocenters. The van der Waals surface area contributed by atoms with Crippen LogP contribution in [0.2, 0.25) is 0 Å². The highest BCUT2D eigenvalue weighted by Gasteiger charge is 2.34. The standard InChI is InChI=1S/C10H8BrF4NO3/c1-2-18-9(17)4-3-5(19-10(13,14)15)6(11)7(12)8(4)16/h3H,2,16H2,1H3. The van der Waals surface area contributed by atoms with E-state index in [1.807, 2.05) is 0 Å². The van der Waals surface area contributed by atoms with Crippen molar-refractivity contribution in [2.45, 2.75) is 13.3 Å². The molecule has 0 aliphatic rings. The van der Waals surface area contributed by atoms with Crippen molar-refractivity contribution in [2.24, 2.45) is 0 Å². The molecule has 0 aliphatic heterocycles. The first-order valence-corrected chi connectivity index (χ1v) is 5.67. The summed E-state index contributed by atoms with van der Waals surface area (Å²) >= 11 is 2.57. The Kier molecular flexibility index (Phi) is 4.61. The highest BCUT2D eigenvalue weighted by atomic mass is 79.9. The Hall–Kier alpha value is -1.51. The lowest BCUT2D eigenvalue weighted by molar-refractivity contribution is -0.275. The quantitative estimate of drug-likeness (QED) is 0.519. The van der Waals surface area contributed by atoms with Crippen LogP contribution < -0.4 is 10.5 Å². The van der Waals surface area contributed by atoms with E-state index in [-0.39, 0.29) is 6.61 Å². The summed E-state index contributed by atoms with van der Waals surface area (Å²) in [5.41, 5.74) is 4.14. The number of carbonyl (C=O) groups is 1. The van der Waals surface area contributed by atoms with Gasteiger partial charge in [-0.2, -0.15) is 0 Å². The van der Waals surface area contributed by atoms with Crippen molar-refractivity contribution in [1.29, 1.82) is 0 Å². The molecule has 0 fully saturated rings. The fourth-order valence-electron chi connectivity index (χ4n) is 1.19. The van der Waals surface area contributed by atoms with Gasteiger partial charge in [0.15, 0.2) is 5.82 Å². The molecule has 106 valence electrons. The van der Waals surface area contributed by atoms with Crippen LogP contribution >= 0.6 is 15.9 Å². The van der Waals surface area contributed by atoms with Crippen molar-refractivity contribution in [2.75, 3.05) is 12.3 Å². The highest BCUT2D eigenvalue weighted by molar-refractivity contribution is 9.10. The number of carbonyl (C=O) groups excluding carboxylic acids is 1. The zero-order chi connectivity index (χ0) is 14.8. The molecule has 0 bridgehead atoms. The lowest BCUT2D eigenvalue weighted by Crippen LogP contribution is -2.19. The van der Waals surface area contributed by atoms with Gasteiger partial charge in [-0.25, -0.2) is 9.18 Å². The molecule has 0 saturated heterocycles. The van der Waals surface area contributed by atoms with Gasteiger partial charge in [-0.05, 0) is 28.9 Å². The smallest absolute Gasteiger partial charge is 0.462 e. The van der Waals surface area contributed by atoms with Crippen LogP contribution in [0.1, 0.15) is 17.3 Å². The second-order valence-corrected chi connectivity index (χ2v) is 4.03. The molecule has 0 heterocycles. The predicted molar refractivity (Wildman–Crippen MR) is 61.2 cm³/mol. The molecule has 1 rings (SSSR count). The number of nitrogens with two attached hydrogens (primary N) is 1. The van der Waals surface area contributed by atoms with Gasteiger partial charge in [-0.1, -0.05) is 0 Å². The van der Waals surface area contributed by atoms with Gasteiger partial charge >= 0.3 is 12.3 Å². The highest BCUT2D eigenvalue weighted by Crippen LogP contribution is 2.37. The number of benzene rings is 1. The van der Waals surface area contributed by atoms with Crippen molar-refractivity contribution in [1.82, 2.24) is 0 Å². The molecule has 4 nitrogen and oxygen atoms in total. The van der Waals surface area contributed by atoms with E-state index in [1.165, 1.54) is 6.92 Å². The Bertz CT molecular complexity index is 505. The lowest BCUT2D eigenvalue weighted by atomic mass is 10.1. The summed E-state index contributed by atoms with van der Waals surface area (Å²) in [5, 5.41) is 0. The molecule has 0 aromatic heterocycles. The second kappa shape index (κ2) is 5.64. The number of nitrogen functional groups attached to an aromatic ring is 1. The Morgan fingerprint density at radius 2 is 2.05 bits per heavy atom. The molecule has 0 radical (unpaired) electrons. The van der Waals surface area contributed by atoms with Gasteiger partial charge in [0, 0.05) is 0 Å². The zero-order valence-corrected chi connectivity index (χ0v) is 11.1. The monoisotopic (exact) mass is 345 g/mol. The summed E-state index contributed by atoms with van der Waals surface area (Å²) in [5.74, 6) is -3.19. The van der Waals surface area contributed by atoms with Gasteiger partial charge in [0.2, 0.25) is 0 Å². The normalized spacial score (nSPS) is 11.3. The number of hydrogen-bond acceptors (Lipinski definition) is 4. The summed E-state index contributed by atoms with van der Waals surface area (Å²) in [6.07, 6.45) is -5.03. The average molecular weight is 346 g/mol. The SMILES string of the molecule is CCOC(=O)c1cc(OC(F)(F)F)c(Br)c(F)c1N. The Balaban J connectivity index is 3.31. The maximum absolute atomic E-state index is 13.6. The van der Waals surface area contributed by atoms with Crippen LogP contribution in [0.5, 0.6) is 5.75 Å². The molecule has 2 N–H and O–H groups in total. The van der Waals surface area contributed by atoms with Gasteiger partial charge in [0.05, 0.1) is 22.3 Å². The van der Waals surface area contributed by atoms with Gasteiger partial charge < -0.3 is 15.2 Å². The Morgan fingerprint density at radius 1 is 1.47 bits per heavy atom. The number of hydrogen-bond donors (Lipinski definition) is 1. The second-order valence-electron chi connectivity index (χ2n) is 3.23. The predicted octanol–water partition coefficient (Wildman–Crippen LogP) is 3.25. The van der Waals surface area contributed by atoms with Gasteiger partial charge in [-0.15, -0.1) is 13.2 Å². The van der Waals surface area contributed by atoms with E-state index in [4.69, 9.17) is 5.73 Å². The van der Waals surface area contributed by atoms with E-state index < -0.39 is 39.6 Å². The zero-order valence-electron chi connectivity index (χ0n) is 9.48. The van der Waals surface area contributed by atoms with E-state index in [0.29, 0.717) is 6.07 Å². The molecule has 1 aromatic rings. The third kappa shape index (κ3) is 3.72. The summed E-state index contributed by atoms with van der Waals surface area (Å²) in [4.78, 5) is 11.4. The Labute approximate surface area is 113 Å². The number of anilines is 1. The number of ether oxygens (including phenoxy) is 2. The average Bonchev–Trinajstić information content (AvgIpc) is 2.28. The van der Waals surface area contributed by atoms with Crippen molar-refractivity contribution in [3.63, 3.8) is 0 Å². The lowest BCUT2D eigenvalue weighted by Gasteiger charge is -2.14. The maximum Gasteiger partial charge on any atom is 0.573 e. The summed E-state index contributed by atoms with van der Waals surface area (Å²) in [6, 6.07) is 0.661. The van der Waals surface area contributed by atoms with Gasteiger partial charge in [0.25, 0.3) is 0 Å². The number of esters is 1. The topological polar surface area (TPSA) is 61.5 Å². The van der Waals surface area contributed by atoms with E-state index in [1.54, 1.807) is 0 Å². The first-order valence-electron chi connectivity index (χ1n) is 4.87. The van der Waals surface area contributed by atoms with Crippen molar-refractivity contribution in [3.05, 3.63) is 21.9 Å². The van der Waals surface area contributed by atoms with Gasteiger partial charge in [0.1, 0.15) is 5.75 Å². The first-order chi connectivity index (χ1) is 8.67. The first kappa shape index (κ1) is 15.5. The van der Waals surface area contributed by atoms with E-state index in [9.17, 15) is 22.4 Å². The minimum Gasteiger partial charge on any atom is -0.462 e. The van der Waals surface area contributed by atoms with E-state index in [2.05, 4.69) is 25.4 Å². The van der Waals surface area contributed by atoms with Crippen LogP contribution in [0.25, 0.3) is 0 Å². The molecular weight excluding hydrogens is 338 g/mol. The van der Waals surface area contributed by atoms with Crippen molar-refractivity contribution >= 4 is 27.6 Å². The maximum atomic E-state index is 13.6. The molecule has 0 aliphatic carbocycles. The summed E-state index contributed by atoms with van der Waals surface area (Å²) < 4.78 is 57.5. The summed E-state index contributed by atoms with van der Waals surface area (Å²) in [7, 11) is 0. The number of halogens is 5. The number of alkyl halides is 3. The molecular formula is C10H8BrF4NO3. The van der Waals surface area contributed by atoms with Crippen LogP contribution in [0.3, 0.4) is 0 Å². The third-order valence-electron chi connectivity index (χ3n) is 1.93. The van der Waals surface area contributed by atoms with Crippen LogP contribution in [0, 0.1) is 5.82 Å². The number of rotatable bonds is 3. The molecule has 0 saturated carbocycles. The summed E-state index contributed by atoms with van der Waals surface area (Å²) in [6.45, 7) is 1.45. The largest absolute Gasteiger partial charge is 0.573 e. The fourth-order valence-corrected chi connectivity index (χ4v) is 1.60. The van der Waals surface area contributed by atoms with Crippen LogP contribution in [0.15, 0.2) is 10.5 Å². The molecule has 0 amide bonds. The van der Waals surface area contributed by atoms with E-state index >= 15 is 0 Å². The van der Waals surface area contributed by atoms with Gasteiger partial charge in [-0.3, -0.25) is 0 Å². The minimum atomic E-state index is -5.03.